The van der Waals surface area contributed by atoms with E-state index in [9.17, 15) is 0 Å². The van der Waals surface area contributed by atoms with Crippen LogP contribution in [0.3, 0.4) is 0 Å². The molecule has 3 nitrogen and oxygen atoms in total. The number of rotatable bonds is 6. The van der Waals surface area contributed by atoms with Gasteiger partial charge < -0.3 is 9.47 Å². The van der Waals surface area contributed by atoms with Gasteiger partial charge in [0.2, 0.25) is 0 Å². The van der Waals surface area contributed by atoms with Gasteiger partial charge in [-0.25, -0.2) is 0 Å². The maximum absolute atomic E-state index is 5.98. The molecule has 0 spiro atoms. The van der Waals surface area contributed by atoms with Crippen molar-refractivity contribution >= 4 is 0 Å². The summed E-state index contributed by atoms with van der Waals surface area (Å²) < 4.78 is 11.4. The molecule has 0 atom stereocenters. The summed E-state index contributed by atoms with van der Waals surface area (Å²) in [5, 5.41) is 0. The van der Waals surface area contributed by atoms with Gasteiger partial charge in [-0.3, -0.25) is 4.90 Å². The normalized spacial score (nSPS) is 23.8. The molecule has 2 fully saturated rings. The van der Waals surface area contributed by atoms with E-state index in [2.05, 4.69) is 53.4 Å². The lowest BCUT2D eigenvalue weighted by molar-refractivity contribution is 0.0217. The number of ether oxygens (including phenoxy) is 2. The van der Waals surface area contributed by atoms with Crippen molar-refractivity contribution < 1.29 is 9.47 Å². The van der Waals surface area contributed by atoms with Gasteiger partial charge in [0.1, 0.15) is 12.4 Å². The standard InChI is InChI=1S/C22H27NO2/c1-2-5-18(6-3-1)17-25-22-8-4-7-20(15-22)21-13-19(14-21)16-23-9-11-24-12-10-23/h1-8,15,19,21H,9-14,16-17H2. The maximum Gasteiger partial charge on any atom is 0.120 e. The first kappa shape index (κ1) is 16.6. The topological polar surface area (TPSA) is 21.7 Å². The Morgan fingerprint density at radius 1 is 0.960 bits per heavy atom. The van der Waals surface area contributed by atoms with Crippen molar-refractivity contribution in [1.29, 1.82) is 0 Å². The second-order valence-electron chi connectivity index (χ2n) is 7.29. The van der Waals surface area contributed by atoms with Crippen LogP contribution in [-0.2, 0) is 11.3 Å². The third kappa shape index (κ3) is 4.42. The molecule has 0 unspecified atom stereocenters. The van der Waals surface area contributed by atoms with E-state index in [1.54, 1.807) is 0 Å². The molecule has 132 valence electrons. The average Bonchev–Trinajstić information content (AvgIpc) is 2.65. The van der Waals surface area contributed by atoms with Crippen molar-refractivity contribution in [3.05, 3.63) is 65.7 Å². The molecule has 1 aliphatic carbocycles. The van der Waals surface area contributed by atoms with Crippen LogP contribution in [0.1, 0.15) is 29.9 Å². The largest absolute Gasteiger partial charge is 0.489 e. The van der Waals surface area contributed by atoms with Gasteiger partial charge >= 0.3 is 0 Å². The van der Waals surface area contributed by atoms with Gasteiger partial charge in [0.15, 0.2) is 0 Å². The zero-order valence-electron chi connectivity index (χ0n) is 14.8. The van der Waals surface area contributed by atoms with Gasteiger partial charge in [0, 0.05) is 19.6 Å². The third-order valence-electron chi connectivity index (χ3n) is 5.43. The maximum atomic E-state index is 5.98. The lowest BCUT2D eigenvalue weighted by Gasteiger charge is -2.40. The minimum absolute atomic E-state index is 0.634. The van der Waals surface area contributed by atoms with E-state index in [0.29, 0.717) is 12.5 Å². The van der Waals surface area contributed by atoms with Gasteiger partial charge in [-0.15, -0.1) is 0 Å². The summed E-state index contributed by atoms with van der Waals surface area (Å²) in [7, 11) is 0. The number of nitrogens with zero attached hydrogens (tertiary/aromatic N) is 1. The van der Waals surface area contributed by atoms with Crippen LogP contribution >= 0.6 is 0 Å². The highest BCUT2D eigenvalue weighted by Gasteiger charge is 2.31. The van der Waals surface area contributed by atoms with Gasteiger partial charge in [0.25, 0.3) is 0 Å². The van der Waals surface area contributed by atoms with Crippen LogP contribution in [0, 0.1) is 5.92 Å². The summed E-state index contributed by atoms with van der Waals surface area (Å²) in [6.45, 7) is 5.88. The molecule has 25 heavy (non-hydrogen) atoms. The molecule has 0 radical (unpaired) electrons. The molecule has 1 heterocycles. The van der Waals surface area contributed by atoms with Crippen molar-refractivity contribution in [3.63, 3.8) is 0 Å². The first-order chi connectivity index (χ1) is 12.4. The molecule has 3 heteroatoms. The van der Waals surface area contributed by atoms with E-state index in [-0.39, 0.29) is 0 Å². The fourth-order valence-electron chi connectivity index (χ4n) is 3.90. The van der Waals surface area contributed by atoms with Crippen molar-refractivity contribution in [3.8, 4) is 5.75 Å². The van der Waals surface area contributed by atoms with Crippen LogP contribution in [0.25, 0.3) is 0 Å². The quantitative estimate of drug-likeness (QED) is 0.792. The minimum Gasteiger partial charge on any atom is -0.489 e. The van der Waals surface area contributed by atoms with E-state index in [0.717, 1.165) is 38.0 Å². The van der Waals surface area contributed by atoms with Crippen LogP contribution in [-0.4, -0.2) is 37.7 Å². The Hall–Kier alpha value is -1.84. The van der Waals surface area contributed by atoms with Crippen molar-refractivity contribution in [2.24, 2.45) is 5.92 Å². The zero-order chi connectivity index (χ0) is 16.9. The fourth-order valence-corrected chi connectivity index (χ4v) is 3.90. The summed E-state index contributed by atoms with van der Waals surface area (Å²) in [6.07, 6.45) is 2.61. The Labute approximate surface area is 150 Å². The predicted molar refractivity (Wildman–Crippen MR) is 99.9 cm³/mol. The van der Waals surface area contributed by atoms with Crippen molar-refractivity contribution in [1.82, 2.24) is 4.90 Å². The monoisotopic (exact) mass is 337 g/mol. The number of hydrogen-bond acceptors (Lipinski definition) is 3. The number of hydrogen-bond donors (Lipinski definition) is 0. The molecule has 0 N–H and O–H groups in total. The molecule has 2 aromatic rings. The van der Waals surface area contributed by atoms with E-state index >= 15 is 0 Å². The van der Waals surface area contributed by atoms with Crippen LogP contribution in [0.4, 0.5) is 0 Å². The van der Waals surface area contributed by atoms with Gasteiger partial charge in [-0.05, 0) is 47.9 Å². The third-order valence-corrected chi connectivity index (χ3v) is 5.43. The van der Waals surface area contributed by atoms with Gasteiger partial charge in [-0.1, -0.05) is 42.5 Å². The highest BCUT2D eigenvalue weighted by atomic mass is 16.5. The van der Waals surface area contributed by atoms with E-state index in [1.165, 1.54) is 30.5 Å². The number of benzene rings is 2. The van der Waals surface area contributed by atoms with Crippen LogP contribution in [0.15, 0.2) is 54.6 Å². The highest BCUT2D eigenvalue weighted by Crippen LogP contribution is 2.42. The fraction of sp³-hybridized carbons (Fsp3) is 0.455. The van der Waals surface area contributed by atoms with Crippen LogP contribution in [0.2, 0.25) is 0 Å². The summed E-state index contributed by atoms with van der Waals surface area (Å²) in [5.41, 5.74) is 2.64. The molecule has 0 amide bonds. The smallest absolute Gasteiger partial charge is 0.120 e. The highest BCUT2D eigenvalue weighted by molar-refractivity contribution is 5.32. The molecule has 1 aliphatic heterocycles. The molecule has 1 saturated carbocycles. The first-order valence-corrected chi connectivity index (χ1v) is 9.43. The lowest BCUT2D eigenvalue weighted by atomic mass is 9.71. The van der Waals surface area contributed by atoms with E-state index in [1.807, 2.05) is 6.07 Å². The first-order valence-electron chi connectivity index (χ1n) is 9.43. The molecule has 4 rings (SSSR count). The Kier molecular flexibility index (Phi) is 5.34. The summed E-state index contributed by atoms with van der Waals surface area (Å²) >= 11 is 0. The second kappa shape index (κ2) is 8.03. The van der Waals surface area contributed by atoms with Crippen molar-refractivity contribution in [2.75, 3.05) is 32.8 Å². The molecule has 0 bridgehead atoms. The Balaban J connectivity index is 1.27. The Morgan fingerprint density at radius 2 is 1.76 bits per heavy atom. The molecule has 2 aromatic carbocycles. The molecular weight excluding hydrogens is 310 g/mol. The van der Waals surface area contributed by atoms with Gasteiger partial charge in [0.05, 0.1) is 13.2 Å². The Bertz CT molecular complexity index is 661. The molecule has 2 aliphatic rings. The van der Waals surface area contributed by atoms with Crippen molar-refractivity contribution in [2.45, 2.75) is 25.4 Å². The summed E-state index contributed by atoms with van der Waals surface area (Å²) in [5.74, 6) is 2.53. The lowest BCUT2D eigenvalue weighted by Crippen LogP contribution is -2.42. The molecule has 1 saturated heterocycles. The average molecular weight is 337 g/mol. The van der Waals surface area contributed by atoms with Gasteiger partial charge in [-0.2, -0.15) is 0 Å². The number of morpholine rings is 1. The van der Waals surface area contributed by atoms with Crippen LogP contribution in [0.5, 0.6) is 5.75 Å². The van der Waals surface area contributed by atoms with Crippen LogP contribution < -0.4 is 4.74 Å². The summed E-state index contributed by atoms with van der Waals surface area (Å²) in [4.78, 5) is 2.56. The Morgan fingerprint density at radius 3 is 2.56 bits per heavy atom. The van der Waals surface area contributed by atoms with E-state index < -0.39 is 0 Å². The summed E-state index contributed by atoms with van der Waals surface area (Å²) in [6, 6.07) is 19.0. The minimum atomic E-state index is 0.634. The SMILES string of the molecule is c1ccc(COc2cccc(C3CC(CN4CCOCC4)C3)c2)cc1. The second-order valence-corrected chi connectivity index (χ2v) is 7.29. The van der Waals surface area contributed by atoms with E-state index in [4.69, 9.17) is 9.47 Å². The molecule has 0 aromatic heterocycles. The predicted octanol–water partition coefficient (Wildman–Crippen LogP) is 4.09. The zero-order valence-corrected chi connectivity index (χ0v) is 14.8. The molecular formula is C22H27NO2.